The highest BCUT2D eigenvalue weighted by Crippen LogP contribution is 2.18. The van der Waals surface area contributed by atoms with E-state index in [0.717, 1.165) is 16.7 Å². The molecule has 0 atom stereocenters. The van der Waals surface area contributed by atoms with Crippen molar-refractivity contribution in [3.63, 3.8) is 0 Å². The van der Waals surface area contributed by atoms with Crippen LogP contribution in [-0.2, 0) is 19.1 Å². The van der Waals surface area contributed by atoms with Crippen molar-refractivity contribution in [3.8, 4) is 11.4 Å². The van der Waals surface area contributed by atoms with Crippen molar-refractivity contribution in [2.24, 2.45) is 0 Å². The molecule has 26 heavy (non-hydrogen) atoms. The molecule has 2 heterocycles. The lowest BCUT2D eigenvalue weighted by molar-refractivity contribution is -0.147. The van der Waals surface area contributed by atoms with Crippen LogP contribution in [0.1, 0.15) is 13.8 Å². The topological polar surface area (TPSA) is 102 Å². The predicted molar refractivity (Wildman–Crippen MR) is 95.0 cm³/mol. The summed E-state index contributed by atoms with van der Waals surface area (Å²) in [6.45, 7) is 2.55. The maximum absolute atomic E-state index is 11.8. The molecule has 0 fully saturated rings. The molecule has 0 unspecified atom stereocenters. The van der Waals surface area contributed by atoms with Gasteiger partial charge in [0.15, 0.2) is 5.16 Å². The molecule has 0 aliphatic rings. The fraction of sp³-hybridized carbons (Fsp3) is 0.294. The molecule has 0 aliphatic heterocycles. The third kappa shape index (κ3) is 5.92. The van der Waals surface area contributed by atoms with Crippen LogP contribution in [0, 0.1) is 0 Å². The lowest BCUT2D eigenvalue weighted by Crippen LogP contribution is -2.36. The van der Waals surface area contributed by atoms with Crippen LogP contribution in [0.2, 0.25) is 0 Å². The Morgan fingerprint density at radius 1 is 1.04 bits per heavy atom. The second-order valence-corrected chi connectivity index (χ2v) is 6.08. The van der Waals surface area contributed by atoms with Crippen molar-refractivity contribution >= 4 is 29.5 Å². The number of carbonyl (C=O) groups excluding carboxylic acids is 3. The molecule has 0 bridgehead atoms. The van der Waals surface area contributed by atoms with E-state index in [9.17, 15) is 14.4 Å². The van der Waals surface area contributed by atoms with E-state index in [4.69, 9.17) is 4.74 Å². The smallest absolute Gasteiger partial charge is 0.316 e. The molecule has 0 N–H and O–H groups in total. The molecular formula is C17H18N4O4S. The first-order valence-corrected chi connectivity index (χ1v) is 8.77. The third-order valence-corrected chi connectivity index (χ3v) is 4.05. The fourth-order valence-corrected chi connectivity index (χ4v) is 2.65. The summed E-state index contributed by atoms with van der Waals surface area (Å²) in [5.41, 5.74) is 1.38. The zero-order valence-electron chi connectivity index (χ0n) is 14.4. The Kier molecular flexibility index (Phi) is 7.22. The summed E-state index contributed by atoms with van der Waals surface area (Å²) in [6.07, 6.45) is 3.27. The van der Waals surface area contributed by atoms with E-state index in [1.54, 1.807) is 18.5 Å². The van der Waals surface area contributed by atoms with Crippen molar-refractivity contribution in [1.82, 2.24) is 19.9 Å². The van der Waals surface area contributed by atoms with E-state index >= 15 is 0 Å². The minimum absolute atomic E-state index is 0.0197. The summed E-state index contributed by atoms with van der Waals surface area (Å²) in [6, 6.07) is 7.25. The van der Waals surface area contributed by atoms with Crippen LogP contribution in [0.4, 0.5) is 0 Å². The number of thioether (sulfide) groups is 1. The van der Waals surface area contributed by atoms with Crippen molar-refractivity contribution < 1.29 is 19.1 Å². The molecule has 0 radical (unpaired) electrons. The highest BCUT2D eigenvalue weighted by Gasteiger charge is 2.14. The summed E-state index contributed by atoms with van der Waals surface area (Å²) >= 11 is 1.14. The van der Waals surface area contributed by atoms with Crippen LogP contribution in [0.25, 0.3) is 11.4 Å². The van der Waals surface area contributed by atoms with Crippen LogP contribution < -0.4 is 0 Å². The highest BCUT2D eigenvalue weighted by atomic mass is 32.2. The summed E-state index contributed by atoms with van der Waals surface area (Å²) in [5, 5.41) is 0.430. The summed E-state index contributed by atoms with van der Waals surface area (Å²) in [7, 11) is 0. The molecule has 2 rings (SSSR count). The molecule has 8 nitrogen and oxygen atoms in total. The van der Waals surface area contributed by atoms with Gasteiger partial charge in [-0.15, -0.1) is 0 Å². The molecule has 0 saturated heterocycles. The second-order valence-electron chi connectivity index (χ2n) is 5.14. The van der Waals surface area contributed by atoms with E-state index in [1.165, 1.54) is 13.8 Å². The molecule has 2 amide bonds. The Labute approximate surface area is 155 Å². The van der Waals surface area contributed by atoms with Crippen LogP contribution in [0.15, 0.2) is 41.8 Å². The van der Waals surface area contributed by atoms with E-state index < -0.39 is 5.97 Å². The quantitative estimate of drug-likeness (QED) is 0.409. The zero-order chi connectivity index (χ0) is 18.9. The first-order valence-electron chi connectivity index (χ1n) is 7.79. The van der Waals surface area contributed by atoms with Gasteiger partial charge in [-0.2, -0.15) is 0 Å². The number of nitrogens with zero attached hydrogens (tertiary/aromatic N) is 4. The van der Waals surface area contributed by atoms with Gasteiger partial charge in [0, 0.05) is 26.2 Å². The van der Waals surface area contributed by atoms with Gasteiger partial charge in [0.1, 0.15) is 6.61 Å². The summed E-state index contributed by atoms with van der Waals surface area (Å²) < 4.78 is 5.04. The third-order valence-electron chi connectivity index (χ3n) is 3.22. The van der Waals surface area contributed by atoms with Gasteiger partial charge in [0.25, 0.3) is 0 Å². The number of ether oxygens (including phenoxy) is 1. The van der Waals surface area contributed by atoms with Crippen molar-refractivity contribution in [3.05, 3.63) is 36.7 Å². The number of aromatic nitrogens is 3. The summed E-state index contributed by atoms with van der Waals surface area (Å²) in [4.78, 5) is 48.0. The molecule has 2 aromatic rings. The summed E-state index contributed by atoms with van der Waals surface area (Å²) in [5.74, 6) is -1.23. The van der Waals surface area contributed by atoms with Crippen LogP contribution in [-0.4, -0.2) is 56.5 Å². The number of hydrogen-bond acceptors (Lipinski definition) is 8. The Hall–Kier alpha value is -2.81. The first-order chi connectivity index (χ1) is 12.5. The SMILES string of the molecule is CC(=O)N(CCOC(=O)CSc1nccc(-c2ccccn2)n1)C(C)=O. The molecule has 0 saturated carbocycles. The lowest BCUT2D eigenvalue weighted by atomic mass is 10.3. The lowest BCUT2D eigenvalue weighted by Gasteiger charge is -2.16. The molecule has 136 valence electrons. The van der Waals surface area contributed by atoms with Gasteiger partial charge in [-0.25, -0.2) is 9.97 Å². The minimum atomic E-state index is -0.478. The average Bonchev–Trinajstić information content (AvgIpc) is 2.64. The average molecular weight is 374 g/mol. The maximum atomic E-state index is 11.8. The Morgan fingerprint density at radius 2 is 1.81 bits per heavy atom. The van der Waals surface area contributed by atoms with Crippen LogP contribution in [0.3, 0.4) is 0 Å². The Balaban J connectivity index is 1.82. The molecule has 2 aromatic heterocycles. The monoisotopic (exact) mass is 374 g/mol. The van der Waals surface area contributed by atoms with E-state index in [-0.39, 0.29) is 30.7 Å². The number of hydrogen-bond donors (Lipinski definition) is 0. The molecule has 0 aliphatic carbocycles. The number of imide groups is 1. The van der Waals surface area contributed by atoms with Gasteiger partial charge in [0.05, 0.1) is 23.7 Å². The van der Waals surface area contributed by atoms with E-state index in [1.807, 2.05) is 18.2 Å². The predicted octanol–water partition coefficient (Wildman–Crippen LogP) is 1.57. The maximum Gasteiger partial charge on any atom is 0.316 e. The highest BCUT2D eigenvalue weighted by molar-refractivity contribution is 7.99. The zero-order valence-corrected chi connectivity index (χ0v) is 15.2. The largest absolute Gasteiger partial charge is 0.463 e. The standard InChI is InChI=1S/C17H18N4O4S/c1-12(22)21(13(2)23)9-10-25-16(24)11-26-17-19-8-6-15(20-17)14-5-3-4-7-18-14/h3-8H,9-11H2,1-2H3. The number of esters is 1. The fourth-order valence-electron chi connectivity index (χ4n) is 2.02. The molecule has 0 spiro atoms. The Bertz CT molecular complexity index is 771. The van der Waals surface area contributed by atoms with Gasteiger partial charge >= 0.3 is 5.97 Å². The van der Waals surface area contributed by atoms with Crippen LogP contribution in [0.5, 0.6) is 0 Å². The van der Waals surface area contributed by atoms with E-state index in [0.29, 0.717) is 16.5 Å². The van der Waals surface area contributed by atoms with Gasteiger partial charge in [-0.05, 0) is 18.2 Å². The Morgan fingerprint density at radius 3 is 2.46 bits per heavy atom. The van der Waals surface area contributed by atoms with E-state index in [2.05, 4.69) is 15.0 Å². The van der Waals surface area contributed by atoms with Crippen molar-refractivity contribution in [1.29, 1.82) is 0 Å². The molecule has 9 heteroatoms. The normalized spacial score (nSPS) is 10.2. The first kappa shape index (κ1) is 19.5. The number of carbonyl (C=O) groups is 3. The second kappa shape index (κ2) is 9.62. The number of rotatable bonds is 7. The van der Waals surface area contributed by atoms with Crippen molar-refractivity contribution in [2.45, 2.75) is 19.0 Å². The van der Waals surface area contributed by atoms with Gasteiger partial charge < -0.3 is 4.74 Å². The van der Waals surface area contributed by atoms with Gasteiger partial charge in [0.2, 0.25) is 11.8 Å². The van der Waals surface area contributed by atoms with Crippen molar-refractivity contribution in [2.75, 3.05) is 18.9 Å². The molecule has 0 aromatic carbocycles. The molecular weight excluding hydrogens is 356 g/mol. The number of amides is 2. The number of pyridine rings is 1. The van der Waals surface area contributed by atoms with Gasteiger partial charge in [-0.1, -0.05) is 17.8 Å². The van der Waals surface area contributed by atoms with Crippen LogP contribution >= 0.6 is 11.8 Å². The van der Waals surface area contributed by atoms with Gasteiger partial charge in [-0.3, -0.25) is 24.3 Å². The minimum Gasteiger partial charge on any atom is -0.463 e.